The van der Waals surface area contributed by atoms with Gasteiger partial charge in [0.25, 0.3) is 0 Å². The van der Waals surface area contributed by atoms with Gasteiger partial charge in [0.05, 0.1) is 139 Å². The lowest BCUT2D eigenvalue weighted by Gasteiger charge is -2.17. The van der Waals surface area contributed by atoms with Crippen LogP contribution in [0.5, 0.6) is 0 Å². The molecule has 24 atom stereocenters. The van der Waals surface area contributed by atoms with Crippen molar-refractivity contribution in [1.29, 1.82) is 0 Å². The highest BCUT2D eigenvalue weighted by molar-refractivity contribution is 7.99. The number of anilines is 4. The van der Waals surface area contributed by atoms with Crippen LogP contribution in [0.25, 0.3) is 44.7 Å². The van der Waals surface area contributed by atoms with E-state index in [-0.39, 0.29) is 102 Å². The zero-order valence-electron chi connectivity index (χ0n) is 114. The molecule has 144 heavy (non-hydrogen) atoms. The number of aliphatic hydroxyl groups is 12. The van der Waals surface area contributed by atoms with Crippen LogP contribution in [0.4, 0.5) is 40.8 Å². The fraction of sp³-hybridized carbons (Fsp3) is 0.583. The highest BCUT2D eigenvalue weighted by atomic mass is 32.2. The van der Waals surface area contributed by atoms with Gasteiger partial charge in [-0.1, -0.05) is 144 Å². The van der Waals surface area contributed by atoms with Crippen LogP contribution in [0.1, 0.15) is 246 Å². The number of aromatic nitrogens is 20. The molecule has 8 heterocycles. The lowest BCUT2D eigenvalue weighted by atomic mass is 10.1. The Morgan fingerprint density at radius 3 is 0.847 bits per heavy atom. The minimum absolute atomic E-state index is 0.0254. The quantitative estimate of drug-likeness (QED) is 0.00969. The van der Waals surface area contributed by atoms with Gasteiger partial charge in [-0.2, -0.15) is 0 Å². The number of nitrogens with one attached hydrogen (secondary N) is 4. The number of aliphatic hydroxyl groups excluding tert-OH is 2. The summed E-state index contributed by atoms with van der Waals surface area (Å²) >= 11 is 4.53. The number of nitrogens with zero attached hydrogens (tertiary/aromatic N) is 20. The number of hydrogen-bond donors (Lipinski definition) is 16. The highest BCUT2D eigenvalue weighted by Gasteiger charge is 2.51. The Morgan fingerprint density at radius 2 is 0.611 bits per heavy atom. The van der Waals surface area contributed by atoms with Crippen molar-refractivity contribution < 1.29 is 147 Å². The molecule has 0 radical (unpaired) electrons. The van der Waals surface area contributed by atoms with Gasteiger partial charge in [-0.3, -0.25) is 0 Å². The second-order valence-electron chi connectivity index (χ2n) is 32.9. The zero-order chi connectivity index (χ0) is 134. The van der Waals surface area contributed by atoms with Gasteiger partial charge in [-0.25, -0.2) is 76.2 Å². The fourth-order valence-corrected chi connectivity index (χ4v) is 17.5. The van der Waals surface area contributed by atoms with Crippen molar-refractivity contribution in [2.24, 2.45) is 0 Å². The standard InChI is InChI=1S/4C24H31FN6O4S/c4*1-3-8-36-24-27-22(26-16-10-14(16)13-5-4-12(2)15(25)9-13)19-23(28-24)31(30-29-19)17-11-18(35-7-6-32)21(34)20(17)33/h4*4-5,9,14,16-18,20-21,32-34H,3,6-8,10-11H2,1-2H3,(H,26,27,28)/t4*14-,16+,17+,18-,20-,21+/m0000/s1/i6D2,7D2,11D2,16D,17D,18D,20D,21D;7D2,11D2,16D,17D,18D,20D,21D;6D2,11D2,16D,17D,18D,20D,21D;11D2,16D,17D,18D,20D,21D. The van der Waals surface area contributed by atoms with E-state index >= 15 is 0 Å². The Morgan fingerprint density at radius 1 is 0.354 bits per heavy atom. The summed E-state index contributed by atoms with van der Waals surface area (Å²) in [5.74, 6) is -1.98. The van der Waals surface area contributed by atoms with Crippen molar-refractivity contribution in [3.8, 4) is 0 Å². The van der Waals surface area contributed by atoms with Gasteiger partial charge < -0.3 is 101 Å². The Balaban J connectivity index is 0.000000158. The predicted molar refractivity (Wildman–Crippen MR) is 530 cm³/mol. The van der Waals surface area contributed by atoms with Gasteiger partial charge in [-0.05, 0) is 148 Å². The van der Waals surface area contributed by atoms with E-state index in [9.17, 15) is 78.8 Å². The van der Waals surface area contributed by atoms with Gasteiger partial charge in [-0.15, -0.1) is 20.4 Å². The molecule has 8 saturated carbocycles. The predicted octanol–water partition coefficient (Wildman–Crippen LogP) is 8.73. The lowest BCUT2D eigenvalue weighted by Crippen LogP contribution is -2.33. The first-order valence-corrected chi connectivity index (χ1v) is 48.8. The number of benzene rings is 4. The molecular formula is C96H124F4N24O16S4. The van der Waals surface area contributed by atoms with Crippen molar-refractivity contribution in [3.05, 3.63) is 141 Å². The first-order chi connectivity index (χ1) is 82.5. The molecule has 0 amide bonds. The average Bonchev–Trinajstić information content (AvgIpc) is 1.49. The second-order valence-corrected chi connectivity index (χ2v) is 37.2. The fourth-order valence-electron chi connectivity index (χ4n) is 14.7. The highest BCUT2D eigenvalue weighted by Crippen LogP contribution is 2.50. The Kier molecular flexibility index (Phi) is 22.6. The molecule has 8 aliphatic carbocycles. The molecule has 12 aromatic rings. The Bertz CT molecular complexity index is 8500. The minimum Gasteiger partial charge on any atom is -0.394 e. The van der Waals surface area contributed by atoms with E-state index in [2.05, 4.69) is 107 Å². The maximum absolute atomic E-state index is 14.3. The minimum atomic E-state index is -4.26. The van der Waals surface area contributed by atoms with E-state index in [1.165, 1.54) is 36.0 Å². The molecule has 0 unspecified atom stereocenters. The smallest absolute Gasteiger partial charge is 0.191 e. The molecule has 0 bridgehead atoms. The van der Waals surface area contributed by atoms with Crippen LogP contribution in [0.15, 0.2) is 93.4 Å². The third kappa shape index (κ3) is 23.8. The molecular weight excluding hydrogens is 1950 g/mol. The molecule has 0 saturated heterocycles. The first kappa shape index (κ1) is 68.9. The third-order valence-electron chi connectivity index (χ3n) is 22.6. The first-order valence-electron chi connectivity index (χ1n) is 62.9. The molecule has 40 nitrogen and oxygen atoms in total. The number of ether oxygens (including phenoxy) is 4. The topological polar surface area (TPSA) is 554 Å². The Hall–Kier alpha value is -9.52. The summed E-state index contributed by atoms with van der Waals surface area (Å²) in [6.45, 7) is -4.83. The van der Waals surface area contributed by atoms with Crippen LogP contribution in [-0.4, -0.2) is 334 Å². The van der Waals surface area contributed by atoms with E-state index in [0.29, 0.717) is 107 Å². The summed E-state index contributed by atoms with van der Waals surface area (Å²) in [4.78, 5) is 34.8. The molecule has 16 N–H and O–H groups in total. The molecule has 8 fully saturated rings. The van der Waals surface area contributed by atoms with Crippen LogP contribution in [0.2, 0.25) is 0 Å². The van der Waals surface area contributed by atoms with Crippen LogP contribution in [0, 0.1) is 51.0 Å². The van der Waals surface area contributed by atoms with E-state index < -0.39 is 263 Å². The molecule has 8 aromatic heterocycles. The summed E-state index contributed by atoms with van der Waals surface area (Å²) < 4.78 is 380. The number of fused-ring (bicyclic) bond motifs is 4. The van der Waals surface area contributed by atoms with E-state index in [1.807, 2.05) is 27.7 Å². The van der Waals surface area contributed by atoms with E-state index in [1.54, 1.807) is 76.2 Å². The lowest BCUT2D eigenvalue weighted by molar-refractivity contribution is -0.0629. The SMILES string of the molecule is [2H]C([2H])(CO)O[C@@]1([2H])C([2H])([2H])[C@@]([2H])(n2nnc3c(N[C@]4([2H])C[C@H]4c4ccc(C)c(F)c4)nc(SCCC)nc32)[C@]([2H])(O)[C@]1([2H])O.[2H]C([2H])(O)C([2H])([2H])O[C@@]1([2H])C([2H])([2H])[C@@]([2H])(n2nnc3c(N[C@]4([2H])C[C@H]4c4ccc(C)c(F)c4)nc(SCCC)nc32)[C@]([2H])(O)[C@]1([2H])O.[2H]C([2H])(O)CO[C@@]1([2H])C([2H])([2H])[C@@]([2H])(n2nnc3c(N[C@]4([2H])C[C@H]4c4ccc(C)c(F)c4)nc(SCCC)nc32)[C@]([2H])(O)[C@]1([2H])O.[2H]C1([2H])[C@]([2H])(OCCO)[C@@]([2H])(O)[C@@]([2H])(O)[C@]1([2H])n1nnc2c(N[C@]3([2H])C[C@H]3c3ccc(C)c(F)c3)nc(SCCC)nc21. The monoisotopic (exact) mass is 2110 g/mol. The van der Waals surface area contributed by atoms with Crippen molar-refractivity contribution >= 4 is 115 Å². The molecule has 20 rings (SSSR count). The van der Waals surface area contributed by atoms with Gasteiger partial charge in [0.15, 0.2) is 88.6 Å². The normalized spacial score (nSPS) is 43.3. The maximum Gasteiger partial charge on any atom is 0.191 e. The molecule has 4 aromatic carbocycles. The van der Waals surface area contributed by atoms with Gasteiger partial charge in [0.2, 0.25) is 0 Å². The van der Waals surface area contributed by atoms with Crippen LogP contribution >= 0.6 is 47.0 Å². The summed E-state index contributed by atoms with van der Waals surface area (Å²) in [6.07, 6.45) is -58.7. The van der Waals surface area contributed by atoms with Crippen LogP contribution in [0.3, 0.4) is 0 Å². The molecule has 8 aliphatic rings. The average molecular weight is 2110 g/mol. The molecule has 0 aliphatic heterocycles. The van der Waals surface area contributed by atoms with Crippen LogP contribution in [-0.2, 0) is 18.9 Å². The van der Waals surface area contributed by atoms with E-state index in [4.69, 9.17) is 63.6 Å². The van der Waals surface area contributed by atoms with Gasteiger partial charge >= 0.3 is 0 Å². The summed E-state index contributed by atoms with van der Waals surface area (Å²) in [7, 11) is 0. The number of hydrogen-bond acceptors (Lipinski definition) is 40. The summed E-state index contributed by atoms with van der Waals surface area (Å²) in [6, 6.07) is -1.57. The van der Waals surface area contributed by atoms with Gasteiger partial charge in [0, 0.05) is 107 Å². The summed E-state index contributed by atoms with van der Waals surface area (Å²) in [5, 5.41) is 169. The van der Waals surface area contributed by atoms with Crippen molar-refractivity contribution in [2.45, 2.75) is 298 Å². The summed E-state index contributed by atoms with van der Waals surface area (Å²) in [5.41, 5.74) is 1.10. The molecule has 0 spiro atoms. The largest absolute Gasteiger partial charge is 0.394 e. The molecule has 48 heteroatoms. The number of halogens is 4. The number of rotatable bonds is 40. The second kappa shape index (κ2) is 47.3. The third-order valence-corrected chi connectivity index (χ3v) is 26.8. The maximum atomic E-state index is 14.3. The zero-order valence-corrected chi connectivity index (χ0v) is 80.9. The Labute approximate surface area is 894 Å². The van der Waals surface area contributed by atoms with Gasteiger partial charge in [0.1, 0.15) is 71.9 Å². The van der Waals surface area contributed by atoms with Crippen molar-refractivity contribution in [1.82, 2.24) is 99.8 Å². The molecule has 776 valence electrons. The van der Waals surface area contributed by atoms with Crippen molar-refractivity contribution in [3.63, 3.8) is 0 Å². The van der Waals surface area contributed by atoms with Crippen LogP contribution < -0.4 is 21.3 Å². The number of aryl methyl sites for hydroxylation is 4. The number of thioether (sulfide) groups is 4. The van der Waals surface area contributed by atoms with E-state index in [0.717, 1.165) is 35.3 Å². The van der Waals surface area contributed by atoms with Crippen molar-refractivity contribution in [2.75, 3.05) is 96.9 Å².